The lowest BCUT2D eigenvalue weighted by molar-refractivity contribution is 0.0866. The highest BCUT2D eigenvalue weighted by Gasteiger charge is 2.35. The van der Waals surface area contributed by atoms with E-state index in [1.165, 1.54) is 30.4 Å². The van der Waals surface area contributed by atoms with Crippen molar-refractivity contribution < 1.29 is 5.11 Å². The number of fused-ring (bicyclic) bond motifs is 1. The lowest BCUT2D eigenvalue weighted by atomic mass is 9.73. The summed E-state index contributed by atoms with van der Waals surface area (Å²) in [6.45, 7) is 2.22. The number of rotatable bonds is 4. The van der Waals surface area contributed by atoms with Crippen LogP contribution in [0.25, 0.3) is 0 Å². The molecule has 2 aliphatic rings. The standard InChI is InChI=1S/C15H20O/c1-10(11-6-7-11)15(16)9-13-8-12-4-2-3-5-14(12)13/h2-5,10-11,13,15-16H,6-9H2,1H3. The normalized spacial score (nSPS) is 26.8. The number of hydrogen-bond acceptors (Lipinski definition) is 1. The molecule has 1 N–H and O–H groups in total. The van der Waals surface area contributed by atoms with Crippen LogP contribution in [0.2, 0.25) is 0 Å². The van der Waals surface area contributed by atoms with Gasteiger partial charge in [-0.05, 0) is 54.6 Å². The predicted octanol–water partition coefficient (Wildman–Crippen LogP) is 3.12. The third-order valence-corrected chi connectivity index (χ3v) is 4.46. The molecule has 1 nitrogen and oxygen atoms in total. The molecule has 1 aromatic carbocycles. The third kappa shape index (κ3) is 1.78. The summed E-state index contributed by atoms with van der Waals surface area (Å²) in [5, 5.41) is 10.2. The van der Waals surface area contributed by atoms with Gasteiger partial charge in [0, 0.05) is 0 Å². The maximum atomic E-state index is 10.2. The molecule has 3 rings (SSSR count). The van der Waals surface area contributed by atoms with Gasteiger partial charge in [0.15, 0.2) is 0 Å². The van der Waals surface area contributed by atoms with Gasteiger partial charge in [-0.15, -0.1) is 0 Å². The maximum Gasteiger partial charge on any atom is 0.0574 e. The SMILES string of the molecule is CC(C(O)CC1Cc2ccccc21)C1CC1. The van der Waals surface area contributed by atoms with Crippen molar-refractivity contribution in [3.05, 3.63) is 35.4 Å². The van der Waals surface area contributed by atoms with Crippen molar-refractivity contribution >= 4 is 0 Å². The van der Waals surface area contributed by atoms with Gasteiger partial charge in [0.05, 0.1) is 6.10 Å². The summed E-state index contributed by atoms with van der Waals surface area (Å²) < 4.78 is 0. The average Bonchev–Trinajstić information content (AvgIpc) is 3.08. The van der Waals surface area contributed by atoms with Crippen molar-refractivity contribution in [1.82, 2.24) is 0 Å². The quantitative estimate of drug-likeness (QED) is 0.820. The molecule has 1 saturated carbocycles. The van der Waals surface area contributed by atoms with Crippen LogP contribution in [-0.2, 0) is 6.42 Å². The van der Waals surface area contributed by atoms with E-state index in [-0.39, 0.29) is 6.10 Å². The Hall–Kier alpha value is -0.820. The second-order valence-electron chi connectivity index (χ2n) is 5.60. The Morgan fingerprint density at radius 3 is 2.75 bits per heavy atom. The maximum absolute atomic E-state index is 10.2. The van der Waals surface area contributed by atoms with E-state index in [2.05, 4.69) is 31.2 Å². The molecular formula is C15H20O. The van der Waals surface area contributed by atoms with Crippen LogP contribution in [0.3, 0.4) is 0 Å². The molecule has 1 fully saturated rings. The van der Waals surface area contributed by atoms with Gasteiger partial charge in [0.1, 0.15) is 0 Å². The molecule has 0 saturated heterocycles. The highest BCUT2D eigenvalue weighted by atomic mass is 16.3. The second-order valence-corrected chi connectivity index (χ2v) is 5.60. The van der Waals surface area contributed by atoms with Crippen LogP contribution in [0.15, 0.2) is 24.3 Å². The Labute approximate surface area is 97.5 Å². The summed E-state index contributed by atoms with van der Waals surface area (Å²) in [5.74, 6) is 1.94. The molecule has 3 unspecified atom stereocenters. The first-order valence-corrected chi connectivity index (χ1v) is 6.51. The zero-order valence-corrected chi connectivity index (χ0v) is 9.89. The molecule has 0 bridgehead atoms. The Kier molecular flexibility index (Phi) is 2.51. The number of benzene rings is 1. The minimum absolute atomic E-state index is 0.0918. The van der Waals surface area contributed by atoms with Crippen LogP contribution in [0, 0.1) is 11.8 Å². The fourth-order valence-electron chi connectivity index (χ4n) is 3.02. The molecule has 1 heteroatoms. The Morgan fingerprint density at radius 1 is 1.31 bits per heavy atom. The molecule has 3 atom stereocenters. The molecule has 0 radical (unpaired) electrons. The fourth-order valence-corrected chi connectivity index (χ4v) is 3.02. The van der Waals surface area contributed by atoms with E-state index in [1.807, 2.05) is 0 Å². The summed E-state index contributed by atoms with van der Waals surface area (Å²) in [7, 11) is 0. The van der Waals surface area contributed by atoms with Crippen LogP contribution in [-0.4, -0.2) is 11.2 Å². The number of aliphatic hydroxyl groups is 1. The number of aliphatic hydroxyl groups excluding tert-OH is 1. The Balaban J connectivity index is 1.61. The third-order valence-electron chi connectivity index (χ3n) is 4.46. The van der Waals surface area contributed by atoms with Gasteiger partial charge in [-0.25, -0.2) is 0 Å². The first-order valence-electron chi connectivity index (χ1n) is 6.51. The van der Waals surface area contributed by atoms with E-state index in [9.17, 15) is 5.11 Å². The van der Waals surface area contributed by atoms with Crippen molar-refractivity contribution in [3.63, 3.8) is 0 Å². The first kappa shape index (κ1) is 10.3. The molecule has 1 aromatic rings. The van der Waals surface area contributed by atoms with Gasteiger partial charge < -0.3 is 5.11 Å². The van der Waals surface area contributed by atoms with Gasteiger partial charge in [0.2, 0.25) is 0 Å². The monoisotopic (exact) mass is 216 g/mol. The minimum atomic E-state index is -0.0918. The van der Waals surface area contributed by atoms with Gasteiger partial charge in [-0.2, -0.15) is 0 Å². The van der Waals surface area contributed by atoms with Crippen molar-refractivity contribution in [1.29, 1.82) is 0 Å². The minimum Gasteiger partial charge on any atom is -0.393 e. The highest BCUT2D eigenvalue weighted by molar-refractivity contribution is 5.39. The van der Waals surface area contributed by atoms with Crippen LogP contribution >= 0.6 is 0 Å². The largest absolute Gasteiger partial charge is 0.393 e. The van der Waals surface area contributed by atoms with Gasteiger partial charge in [-0.1, -0.05) is 31.2 Å². The zero-order valence-electron chi connectivity index (χ0n) is 9.89. The number of hydrogen-bond donors (Lipinski definition) is 1. The molecule has 2 aliphatic carbocycles. The van der Waals surface area contributed by atoms with Crippen LogP contribution in [0.5, 0.6) is 0 Å². The summed E-state index contributed by atoms with van der Waals surface area (Å²) >= 11 is 0. The molecule has 0 amide bonds. The molecule has 86 valence electrons. The van der Waals surface area contributed by atoms with E-state index < -0.39 is 0 Å². The topological polar surface area (TPSA) is 20.2 Å². The first-order chi connectivity index (χ1) is 7.75. The van der Waals surface area contributed by atoms with Gasteiger partial charge in [-0.3, -0.25) is 0 Å². The predicted molar refractivity (Wildman–Crippen MR) is 65.4 cm³/mol. The second kappa shape index (κ2) is 3.89. The molecular weight excluding hydrogens is 196 g/mol. The van der Waals surface area contributed by atoms with Crippen molar-refractivity contribution in [3.8, 4) is 0 Å². The molecule has 16 heavy (non-hydrogen) atoms. The van der Waals surface area contributed by atoms with Gasteiger partial charge >= 0.3 is 0 Å². The summed E-state index contributed by atoms with van der Waals surface area (Å²) in [6, 6.07) is 8.65. The Morgan fingerprint density at radius 2 is 2.06 bits per heavy atom. The highest BCUT2D eigenvalue weighted by Crippen LogP contribution is 2.43. The molecule has 0 aromatic heterocycles. The zero-order chi connectivity index (χ0) is 11.1. The van der Waals surface area contributed by atoms with E-state index in [0.717, 1.165) is 12.3 Å². The smallest absolute Gasteiger partial charge is 0.0574 e. The van der Waals surface area contributed by atoms with E-state index >= 15 is 0 Å². The lowest BCUT2D eigenvalue weighted by Crippen LogP contribution is -2.27. The van der Waals surface area contributed by atoms with Crippen molar-refractivity contribution in [2.24, 2.45) is 11.8 Å². The molecule has 0 spiro atoms. The van der Waals surface area contributed by atoms with E-state index in [4.69, 9.17) is 0 Å². The van der Waals surface area contributed by atoms with Crippen molar-refractivity contribution in [2.75, 3.05) is 0 Å². The Bertz CT molecular complexity index is 381. The summed E-state index contributed by atoms with van der Waals surface area (Å²) in [4.78, 5) is 0. The van der Waals surface area contributed by atoms with E-state index in [1.54, 1.807) is 0 Å². The fraction of sp³-hybridized carbons (Fsp3) is 0.600. The molecule has 0 heterocycles. The lowest BCUT2D eigenvalue weighted by Gasteiger charge is -2.33. The van der Waals surface area contributed by atoms with Crippen LogP contribution in [0.1, 0.15) is 43.2 Å². The summed E-state index contributed by atoms with van der Waals surface area (Å²) in [5.41, 5.74) is 2.96. The van der Waals surface area contributed by atoms with Crippen LogP contribution in [0.4, 0.5) is 0 Å². The van der Waals surface area contributed by atoms with Crippen molar-refractivity contribution in [2.45, 2.75) is 44.6 Å². The molecule has 0 aliphatic heterocycles. The van der Waals surface area contributed by atoms with Gasteiger partial charge in [0.25, 0.3) is 0 Å². The average molecular weight is 216 g/mol. The van der Waals surface area contributed by atoms with E-state index in [0.29, 0.717) is 11.8 Å². The summed E-state index contributed by atoms with van der Waals surface area (Å²) in [6.07, 6.45) is 4.71. The van der Waals surface area contributed by atoms with Crippen LogP contribution < -0.4 is 0 Å².